The zero-order valence-electron chi connectivity index (χ0n) is 8.52. The molecule has 0 saturated heterocycles. The van der Waals surface area contributed by atoms with Gasteiger partial charge in [-0.1, -0.05) is 0 Å². The van der Waals surface area contributed by atoms with Crippen molar-refractivity contribution in [2.24, 2.45) is 0 Å². The molecule has 0 fully saturated rings. The van der Waals surface area contributed by atoms with Crippen LogP contribution in [0.2, 0.25) is 0 Å². The van der Waals surface area contributed by atoms with Crippen LogP contribution in [-0.4, -0.2) is 15.9 Å². The first kappa shape index (κ1) is 11.9. The Morgan fingerprint density at radius 2 is 2.12 bits per heavy atom. The Morgan fingerprint density at radius 3 is 2.76 bits per heavy atom. The van der Waals surface area contributed by atoms with Gasteiger partial charge in [0.15, 0.2) is 0 Å². The van der Waals surface area contributed by atoms with E-state index in [1.165, 1.54) is 12.3 Å². The highest BCUT2D eigenvalue weighted by Gasteiger charge is 2.07. The largest absolute Gasteiger partial charge is 0.307 e. The molecular weight excluding hydrogens is 336 g/mol. The van der Waals surface area contributed by atoms with Gasteiger partial charge in [0.25, 0.3) is 5.91 Å². The Balaban J connectivity index is 2.14. The van der Waals surface area contributed by atoms with Crippen molar-refractivity contribution in [3.63, 3.8) is 0 Å². The summed E-state index contributed by atoms with van der Waals surface area (Å²) in [4.78, 5) is 19.1. The van der Waals surface area contributed by atoms with Crippen LogP contribution in [-0.2, 0) is 0 Å². The van der Waals surface area contributed by atoms with E-state index in [-0.39, 0.29) is 5.56 Å². The fourth-order valence-corrected chi connectivity index (χ4v) is 1.50. The Kier molecular flexibility index (Phi) is 3.62. The van der Waals surface area contributed by atoms with Crippen molar-refractivity contribution in [2.45, 2.75) is 0 Å². The van der Waals surface area contributed by atoms with Gasteiger partial charge in [-0.15, -0.1) is 0 Å². The maximum atomic E-state index is 12.8. The molecule has 1 amide bonds. The summed E-state index contributed by atoms with van der Waals surface area (Å²) in [5, 5.41) is 2.56. The minimum atomic E-state index is -0.687. The first-order chi connectivity index (χ1) is 8.15. The minimum Gasteiger partial charge on any atom is -0.307 e. The standard InChI is InChI=1S/C11H7FIN3O/c12-9-5-7(3-4-14-9)11(17)16-10-2-1-8(13)6-15-10/h1-6H,(H,15,16,17). The van der Waals surface area contributed by atoms with Gasteiger partial charge in [0.2, 0.25) is 5.95 Å². The molecule has 2 aromatic rings. The van der Waals surface area contributed by atoms with Crippen molar-refractivity contribution in [3.05, 3.63) is 51.7 Å². The summed E-state index contributed by atoms with van der Waals surface area (Å²) >= 11 is 2.11. The summed E-state index contributed by atoms with van der Waals surface area (Å²) in [6.07, 6.45) is 2.87. The number of halogens is 2. The van der Waals surface area contributed by atoms with Crippen molar-refractivity contribution >= 4 is 34.3 Å². The van der Waals surface area contributed by atoms with E-state index >= 15 is 0 Å². The van der Waals surface area contributed by atoms with Crippen LogP contribution in [0.3, 0.4) is 0 Å². The molecule has 2 rings (SSSR count). The highest BCUT2D eigenvalue weighted by molar-refractivity contribution is 14.1. The van der Waals surface area contributed by atoms with E-state index < -0.39 is 11.9 Å². The van der Waals surface area contributed by atoms with E-state index in [9.17, 15) is 9.18 Å². The van der Waals surface area contributed by atoms with Gasteiger partial charge < -0.3 is 5.32 Å². The second kappa shape index (κ2) is 5.17. The van der Waals surface area contributed by atoms with Gasteiger partial charge in [0.05, 0.1) is 0 Å². The smallest absolute Gasteiger partial charge is 0.257 e. The number of carbonyl (C=O) groups is 1. The predicted molar refractivity (Wildman–Crippen MR) is 69.1 cm³/mol. The number of nitrogens with one attached hydrogen (secondary N) is 1. The minimum absolute atomic E-state index is 0.206. The monoisotopic (exact) mass is 343 g/mol. The van der Waals surface area contributed by atoms with Gasteiger partial charge in [-0.2, -0.15) is 4.39 Å². The lowest BCUT2D eigenvalue weighted by molar-refractivity contribution is 0.102. The normalized spacial score (nSPS) is 10.0. The molecule has 86 valence electrons. The van der Waals surface area contributed by atoms with Gasteiger partial charge in [0.1, 0.15) is 5.82 Å². The third-order valence-electron chi connectivity index (χ3n) is 1.96. The van der Waals surface area contributed by atoms with Crippen LogP contribution in [0.1, 0.15) is 10.4 Å². The van der Waals surface area contributed by atoms with E-state index in [0.29, 0.717) is 5.82 Å². The van der Waals surface area contributed by atoms with E-state index in [1.54, 1.807) is 12.3 Å². The first-order valence-corrected chi connectivity index (χ1v) is 5.77. The topological polar surface area (TPSA) is 54.9 Å². The molecule has 0 unspecified atom stereocenters. The van der Waals surface area contributed by atoms with Gasteiger partial charge in [-0.05, 0) is 40.8 Å². The van der Waals surface area contributed by atoms with Crippen LogP contribution in [0.4, 0.5) is 10.2 Å². The highest BCUT2D eigenvalue weighted by Crippen LogP contribution is 2.09. The lowest BCUT2D eigenvalue weighted by Crippen LogP contribution is -2.13. The Bertz CT molecular complexity index is 545. The lowest BCUT2D eigenvalue weighted by Gasteiger charge is -2.03. The quantitative estimate of drug-likeness (QED) is 0.673. The number of anilines is 1. The molecular formula is C11H7FIN3O. The number of carbonyl (C=O) groups excluding carboxylic acids is 1. The summed E-state index contributed by atoms with van der Waals surface area (Å²) in [7, 11) is 0. The van der Waals surface area contributed by atoms with Crippen molar-refractivity contribution in [3.8, 4) is 0 Å². The molecule has 0 aromatic carbocycles. The Hall–Kier alpha value is -1.57. The predicted octanol–water partition coefficient (Wildman–Crippen LogP) is 2.47. The average molecular weight is 343 g/mol. The maximum absolute atomic E-state index is 12.8. The van der Waals surface area contributed by atoms with Crippen LogP contribution in [0.15, 0.2) is 36.7 Å². The summed E-state index contributed by atoms with van der Waals surface area (Å²) < 4.78 is 13.8. The molecule has 6 heteroatoms. The summed E-state index contributed by atoms with van der Waals surface area (Å²) in [5.41, 5.74) is 0.206. The fourth-order valence-electron chi connectivity index (χ4n) is 1.18. The number of nitrogens with zero attached hydrogens (tertiary/aromatic N) is 2. The van der Waals surface area contributed by atoms with E-state index in [1.807, 2.05) is 6.07 Å². The van der Waals surface area contributed by atoms with Gasteiger partial charge in [0, 0.05) is 27.6 Å². The third-order valence-corrected chi connectivity index (χ3v) is 2.60. The van der Waals surface area contributed by atoms with Crippen LogP contribution >= 0.6 is 22.6 Å². The number of hydrogen-bond donors (Lipinski definition) is 1. The molecule has 0 aliphatic carbocycles. The molecule has 2 heterocycles. The summed E-state index contributed by atoms with van der Waals surface area (Å²) in [5.74, 6) is -0.680. The number of pyridine rings is 2. The van der Waals surface area contributed by atoms with Crippen LogP contribution in [0.5, 0.6) is 0 Å². The van der Waals surface area contributed by atoms with Crippen LogP contribution < -0.4 is 5.32 Å². The molecule has 4 nitrogen and oxygen atoms in total. The number of hydrogen-bond acceptors (Lipinski definition) is 3. The van der Waals surface area contributed by atoms with Crippen LogP contribution in [0, 0.1) is 9.52 Å². The van der Waals surface area contributed by atoms with Gasteiger partial charge in [-0.3, -0.25) is 4.79 Å². The molecule has 2 aromatic heterocycles. The van der Waals surface area contributed by atoms with E-state index in [2.05, 4.69) is 37.9 Å². The summed E-state index contributed by atoms with van der Waals surface area (Å²) in [6.45, 7) is 0. The SMILES string of the molecule is O=C(Nc1ccc(I)cn1)c1ccnc(F)c1. The molecule has 17 heavy (non-hydrogen) atoms. The molecule has 0 radical (unpaired) electrons. The number of rotatable bonds is 2. The molecule has 0 atom stereocenters. The second-order valence-corrected chi connectivity index (χ2v) is 4.43. The second-order valence-electron chi connectivity index (χ2n) is 3.18. The van der Waals surface area contributed by atoms with Crippen LogP contribution in [0.25, 0.3) is 0 Å². The van der Waals surface area contributed by atoms with Crippen molar-refractivity contribution in [1.29, 1.82) is 0 Å². The average Bonchev–Trinajstić information content (AvgIpc) is 2.32. The van der Waals surface area contributed by atoms with Crippen molar-refractivity contribution in [1.82, 2.24) is 9.97 Å². The molecule has 0 bridgehead atoms. The molecule has 0 aliphatic heterocycles. The van der Waals surface area contributed by atoms with E-state index in [4.69, 9.17) is 0 Å². The van der Waals surface area contributed by atoms with Gasteiger partial charge >= 0.3 is 0 Å². The maximum Gasteiger partial charge on any atom is 0.257 e. The summed E-state index contributed by atoms with van der Waals surface area (Å²) in [6, 6.07) is 6.00. The zero-order chi connectivity index (χ0) is 12.3. The highest BCUT2D eigenvalue weighted by atomic mass is 127. The van der Waals surface area contributed by atoms with E-state index in [0.717, 1.165) is 9.64 Å². The lowest BCUT2D eigenvalue weighted by atomic mass is 10.2. The molecule has 0 aliphatic rings. The molecule has 1 N–H and O–H groups in total. The van der Waals surface area contributed by atoms with Crippen molar-refractivity contribution < 1.29 is 9.18 Å². The molecule has 0 spiro atoms. The fraction of sp³-hybridized carbons (Fsp3) is 0. The zero-order valence-corrected chi connectivity index (χ0v) is 10.7. The molecule has 0 saturated carbocycles. The van der Waals surface area contributed by atoms with Crippen molar-refractivity contribution in [2.75, 3.05) is 5.32 Å². The van der Waals surface area contributed by atoms with Gasteiger partial charge in [-0.25, -0.2) is 9.97 Å². The number of amides is 1. The Labute approximate surface area is 110 Å². The third kappa shape index (κ3) is 3.19. The number of aromatic nitrogens is 2. The Morgan fingerprint density at radius 1 is 1.29 bits per heavy atom. The first-order valence-electron chi connectivity index (χ1n) is 4.69.